The Bertz CT molecular complexity index is 182. The molecule has 2 fully saturated rings. The first-order valence-corrected chi connectivity index (χ1v) is 4.86. The average molecular weight is 184 g/mol. The van der Waals surface area contributed by atoms with Gasteiger partial charge in [-0.05, 0) is 20.5 Å². The molecular weight excluding hydrogens is 164 g/mol. The summed E-state index contributed by atoms with van der Waals surface area (Å²) in [5.41, 5.74) is 12.4. The van der Waals surface area contributed by atoms with Gasteiger partial charge in [0.05, 0.1) is 0 Å². The van der Waals surface area contributed by atoms with Crippen molar-refractivity contribution in [2.75, 3.05) is 40.3 Å². The molecule has 0 aliphatic carbocycles. The van der Waals surface area contributed by atoms with Gasteiger partial charge in [-0.15, -0.1) is 0 Å². The molecule has 0 aromatic carbocycles. The highest BCUT2D eigenvalue weighted by molar-refractivity contribution is 5.10. The van der Waals surface area contributed by atoms with E-state index in [1.54, 1.807) is 0 Å². The monoisotopic (exact) mass is 184 g/mol. The van der Waals surface area contributed by atoms with E-state index in [0.717, 1.165) is 32.6 Å². The largest absolute Gasteiger partial charge is 0.323 e. The summed E-state index contributed by atoms with van der Waals surface area (Å²) in [7, 11) is 4.21. The SMILES string of the molecule is CN1CC2(N)CN(C)CC(N)(C1)C2. The van der Waals surface area contributed by atoms with E-state index in [0.29, 0.717) is 0 Å². The van der Waals surface area contributed by atoms with Crippen molar-refractivity contribution in [1.82, 2.24) is 9.80 Å². The van der Waals surface area contributed by atoms with Crippen LogP contribution in [-0.4, -0.2) is 61.2 Å². The van der Waals surface area contributed by atoms with Crippen molar-refractivity contribution in [3.8, 4) is 0 Å². The van der Waals surface area contributed by atoms with E-state index in [1.165, 1.54) is 0 Å². The van der Waals surface area contributed by atoms with E-state index < -0.39 is 0 Å². The molecule has 0 aromatic heterocycles. The predicted octanol–water partition coefficient (Wildman–Crippen LogP) is -1.34. The van der Waals surface area contributed by atoms with Crippen LogP contribution in [0.25, 0.3) is 0 Å². The van der Waals surface area contributed by atoms with Crippen molar-refractivity contribution < 1.29 is 0 Å². The molecule has 2 saturated heterocycles. The van der Waals surface area contributed by atoms with Gasteiger partial charge in [-0.2, -0.15) is 0 Å². The van der Waals surface area contributed by atoms with Crippen molar-refractivity contribution in [2.45, 2.75) is 17.5 Å². The molecule has 4 nitrogen and oxygen atoms in total. The van der Waals surface area contributed by atoms with E-state index in [-0.39, 0.29) is 11.1 Å². The second kappa shape index (κ2) is 2.67. The third-order valence-corrected chi connectivity index (χ3v) is 3.04. The number of nitrogens with two attached hydrogens (primary N) is 2. The summed E-state index contributed by atoms with van der Waals surface area (Å²) in [6.07, 6.45) is 0.967. The maximum atomic E-state index is 6.30. The van der Waals surface area contributed by atoms with Crippen LogP contribution in [0.1, 0.15) is 6.42 Å². The smallest absolute Gasteiger partial charge is 0.0430 e. The van der Waals surface area contributed by atoms with Gasteiger partial charge in [0.15, 0.2) is 0 Å². The Morgan fingerprint density at radius 3 is 1.46 bits per heavy atom. The molecule has 0 unspecified atom stereocenters. The fraction of sp³-hybridized carbons (Fsp3) is 1.00. The number of hydrogen-bond acceptors (Lipinski definition) is 4. The van der Waals surface area contributed by atoms with E-state index >= 15 is 0 Å². The summed E-state index contributed by atoms with van der Waals surface area (Å²) in [6.45, 7) is 3.87. The fourth-order valence-corrected chi connectivity index (χ4v) is 3.29. The molecule has 0 amide bonds. The van der Waals surface area contributed by atoms with Crippen LogP contribution in [0.2, 0.25) is 0 Å². The molecule has 0 saturated carbocycles. The van der Waals surface area contributed by atoms with Crippen LogP contribution < -0.4 is 11.5 Å². The number of rotatable bonds is 0. The maximum absolute atomic E-state index is 6.30. The van der Waals surface area contributed by atoms with Crippen LogP contribution in [0, 0.1) is 0 Å². The highest BCUT2D eigenvalue weighted by Crippen LogP contribution is 2.30. The lowest BCUT2D eigenvalue weighted by Gasteiger charge is -2.54. The molecule has 2 heterocycles. The number of nitrogens with zero attached hydrogens (tertiary/aromatic N) is 2. The predicted molar refractivity (Wildman–Crippen MR) is 53.4 cm³/mol. The van der Waals surface area contributed by atoms with Crippen LogP contribution in [0.3, 0.4) is 0 Å². The molecule has 13 heavy (non-hydrogen) atoms. The molecule has 2 aliphatic heterocycles. The van der Waals surface area contributed by atoms with Gasteiger partial charge < -0.3 is 21.3 Å². The summed E-state index contributed by atoms with van der Waals surface area (Å²) in [4.78, 5) is 4.52. The fourth-order valence-electron chi connectivity index (χ4n) is 3.29. The molecule has 2 aliphatic rings. The third kappa shape index (κ3) is 1.72. The lowest BCUT2D eigenvalue weighted by atomic mass is 9.75. The molecular formula is C9H20N4. The maximum Gasteiger partial charge on any atom is 0.0430 e. The Morgan fingerprint density at radius 1 is 0.846 bits per heavy atom. The Balaban J connectivity index is 2.22. The van der Waals surface area contributed by atoms with Crippen molar-refractivity contribution in [1.29, 1.82) is 0 Å². The molecule has 76 valence electrons. The van der Waals surface area contributed by atoms with Gasteiger partial charge in [-0.1, -0.05) is 0 Å². The second-order valence-corrected chi connectivity index (χ2v) is 5.25. The first kappa shape index (κ1) is 9.40. The van der Waals surface area contributed by atoms with Gasteiger partial charge in [-0.25, -0.2) is 0 Å². The zero-order valence-electron chi connectivity index (χ0n) is 8.58. The van der Waals surface area contributed by atoms with Gasteiger partial charge in [0.1, 0.15) is 0 Å². The number of hydrogen-bond donors (Lipinski definition) is 2. The van der Waals surface area contributed by atoms with Crippen molar-refractivity contribution in [3.63, 3.8) is 0 Å². The van der Waals surface area contributed by atoms with Crippen LogP contribution in [0.5, 0.6) is 0 Å². The summed E-state index contributed by atoms with van der Waals surface area (Å²) in [6, 6.07) is 0. The molecule has 0 atom stereocenters. The normalized spacial score (nSPS) is 48.0. The summed E-state index contributed by atoms with van der Waals surface area (Å²) >= 11 is 0. The third-order valence-electron chi connectivity index (χ3n) is 3.04. The van der Waals surface area contributed by atoms with E-state index in [4.69, 9.17) is 11.5 Å². The minimum absolute atomic E-state index is 0.0885. The molecule has 4 heteroatoms. The highest BCUT2D eigenvalue weighted by Gasteiger charge is 2.47. The summed E-state index contributed by atoms with van der Waals surface area (Å²) in [5.74, 6) is 0. The first-order chi connectivity index (χ1) is 5.91. The van der Waals surface area contributed by atoms with Gasteiger partial charge >= 0.3 is 0 Å². The molecule has 2 rings (SSSR count). The Hall–Kier alpha value is -0.160. The van der Waals surface area contributed by atoms with Gasteiger partial charge in [-0.3, -0.25) is 0 Å². The number of likely N-dealkylation sites (N-methyl/N-ethyl adjacent to an activating group) is 2. The second-order valence-electron chi connectivity index (χ2n) is 5.25. The zero-order valence-corrected chi connectivity index (χ0v) is 8.58. The minimum Gasteiger partial charge on any atom is -0.323 e. The zero-order chi connectivity index (χ0) is 9.69. The standard InChI is InChI=1S/C9H20N4/c1-12-4-8(10)3-9(11,5-12)7-13(2)6-8/h3-7,10-11H2,1-2H3. The van der Waals surface area contributed by atoms with E-state index in [2.05, 4.69) is 23.9 Å². The van der Waals surface area contributed by atoms with Gasteiger partial charge in [0.2, 0.25) is 0 Å². The van der Waals surface area contributed by atoms with Crippen molar-refractivity contribution >= 4 is 0 Å². The Kier molecular flexibility index (Phi) is 1.93. The molecule has 4 N–H and O–H groups in total. The summed E-state index contributed by atoms with van der Waals surface area (Å²) < 4.78 is 0. The average Bonchev–Trinajstić information content (AvgIpc) is 1.75. The Morgan fingerprint density at radius 2 is 1.15 bits per heavy atom. The molecule has 0 spiro atoms. The van der Waals surface area contributed by atoms with Crippen LogP contribution >= 0.6 is 0 Å². The minimum atomic E-state index is -0.0885. The van der Waals surface area contributed by atoms with Crippen LogP contribution in [0.4, 0.5) is 0 Å². The van der Waals surface area contributed by atoms with E-state index in [9.17, 15) is 0 Å². The molecule has 2 bridgehead atoms. The van der Waals surface area contributed by atoms with Gasteiger partial charge in [0, 0.05) is 37.3 Å². The van der Waals surface area contributed by atoms with Gasteiger partial charge in [0.25, 0.3) is 0 Å². The quantitative estimate of drug-likeness (QED) is 0.489. The van der Waals surface area contributed by atoms with Crippen molar-refractivity contribution in [2.24, 2.45) is 11.5 Å². The van der Waals surface area contributed by atoms with Crippen molar-refractivity contribution in [3.05, 3.63) is 0 Å². The van der Waals surface area contributed by atoms with E-state index in [1.807, 2.05) is 0 Å². The Labute approximate surface area is 79.8 Å². The van der Waals surface area contributed by atoms with Crippen LogP contribution in [-0.2, 0) is 0 Å². The lowest BCUT2D eigenvalue weighted by Crippen LogP contribution is -2.75. The lowest BCUT2D eigenvalue weighted by molar-refractivity contribution is 0.0178. The molecule has 0 radical (unpaired) electrons. The first-order valence-electron chi connectivity index (χ1n) is 4.86. The number of likely N-dealkylation sites (tertiary alicyclic amines) is 2. The molecule has 0 aromatic rings. The summed E-state index contributed by atoms with van der Waals surface area (Å²) in [5, 5.41) is 0. The number of piperidine rings is 2. The topological polar surface area (TPSA) is 58.5 Å². The number of fused-ring (bicyclic) bond motifs is 2. The van der Waals surface area contributed by atoms with Crippen LogP contribution in [0.15, 0.2) is 0 Å². The highest BCUT2D eigenvalue weighted by atomic mass is 15.3.